The molecular formula is C36H33ClN6O6S2. The Bertz CT molecular complexity index is 2530. The number of amides is 2. The van der Waals surface area contributed by atoms with Gasteiger partial charge < -0.3 is 25.1 Å². The summed E-state index contributed by atoms with van der Waals surface area (Å²) in [4.78, 5) is 56.2. The molecule has 0 atom stereocenters. The van der Waals surface area contributed by atoms with E-state index in [9.17, 15) is 27.6 Å². The first-order chi connectivity index (χ1) is 24.5. The van der Waals surface area contributed by atoms with Crippen LogP contribution in [0.4, 0.5) is 0 Å². The lowest BCUT2D eigenvalue weighted by molar-refractivity contribution is -0.134. The van der Waals surface area contributed by atoms with Gasteiger partial charge in [0.1, 0.15) is 4.21 Å². The molecule has 12 nitrogen and oxygen atoms in total. The van der Waals surface area contributed by atoms with Crippen molar-refractivity contribution in [3.05, 3.63) is 122 Å². The lowest BCUT2D eigenvalue weighted by atomic mass is 10.1. The van der Waals surface area contributed by atoms with E-state index in [4.69, 9.17) is 11.6 Å². The number of nitrogens with zero attached hydrogens (tertiary/aromatic N) is 3. The van der Waals surface area contributed by atoms with E-state index in [0.717, 1.165) is 67.4 Å². The number of aromatic amines is 2. The SMILES string of the molecule is O=C1CN(S(=O)(=O)c2cc3ccc(Cl)cc3s2)CCN1Cc1ccc2[nH]c(=O)ccc2c1.O=C1CNCCN1Cc1ccc2[nH]c(=O)ccc2c1. The molecule has 2 aliphatic rings. The van der Waals surface area contributed by atoms with Crippen LogP contribution in [0.5, 0.6) is 0 Å². The summed E-state index contributed by atoms with van der Waals surface area (Å²) in [6.45, 7) is 3.33. The minimum atomic E-state index is -3.77. The zero-order valence-corrected chi connectivity index (χ0v) is 29.6. The standard InChI is InChI=1S/C22H18ClN3O4S2.C14H15N3O2/c23-17-4-2-16-10-22(31-19(16)11-17)32(29,30)26-8-7-25(21(28)13-26)12-14-1-5-18-15(9-14)3-6-20(27)24-18;18-13-4-2-11-7-10(1-3-12(11)16-13)9-17-6-5-15-8-14(17)19/h1-6,9-11H,7-8,12-13H2,(H,24,27);1-4,7,15H,5-6,8-9H2,(H,16,18). The second kappa shape index (κ2) is 14.4. The van der Waals surface area contributed by atoms with Crippen molar-refractivity contribution in [3.8, 4) is 0 Å². The Morgan fingerprint density at radius 3 is 1.88 bits per heavy atom. The Morgan fingerprint density at radius 2 is 1.27 bits per heavy atom. The second-order valence-corrected chi connectivity index (χ2v) is 16.1. The van der Waals surface area contributed by atoms with Crippen LogP contribution in [0.25, 0.3) is 31.9 Å². The molecule has 0 bridgehead atoms. The van der Waals surface area contributed by atoms with Crippen LogP contribution in [-0.4, -0.2) is 83.6 Å². The average molecular weight is 745 g/mol. The fourth-order valence-corrected chi connectivity index (χ4v) is 9.36. The van der Waals surface area contributed by atoms with Crippen molar-refractivity contribution in [1.82, 2.24) is 29.4 Å². The number of halogens is 1. The maximum atomic E-state index is 13.1. The van der Waals surface area contributed by atoms with Crippen molar-refractivity contribution >= 4 is 76.7 Å². The number of piperazine rings is 2. The van der Waals surface area contributed by atoms with E-state index in [-0.39, 0.29) is 40.2 Å². The van der Waals surface area contributed by atoms with E-state index < -0.39 is 10.0 Å². The molecule has 0 unspecified atom stereocenters. The van der Waals surface area contributed by atoms with Gasteiger partial charge in [-0.25, -0.2) is 8.42 Å². The Labute approximate surface area is 301 Å². The minimum absolute atomic E-state index is 0.0995. The summed E-state index contributed by atoms with van der Waals surface area (Å²) < 4.78 is 28.5. The highest BCUT2D eigenvalue weighted by molar-refractivity contribution is 7.91. The number of fused-ring (bicyclic) bond motifs is 3. The normalized spacial score (nSPS) is 15.8. The number of hydrogen-bond donors (Lipinski definition) is 3. The first-order valence-corrected chi connectivity index (χ1v) is 18.8. The van der Waals surface area contributed by atoms with E-state index in [1.165, 1.54) is 16.4 Å². The van der Waals surface area contributed by atoms with Gasteiger partial charge >= 0.3 is 0 Å². The molecule has 3 aromatic heterocycles. The number of pyridine rings is 2. The summed E-state index contributed by atoms with van der Waals surface area (Å²) in [5.41, 5.74) is 3.28. The number of thiophene rings is 1. The molecule has 8 rings (SSSR count). The van der Waals surface area contributed by atoms with Gasteiger partial charge in [-0.3, -0.25) is 19.2 Å². The molecule has 5 heterocycles. The number of nitrogens with one attached hydrogen (secondary N) is 3. The summed E-state index contributed by atoms with van der Waals surface area (Å²) >= 11 is 7.17. The topological polar surface area (TPSA) is 156 Å². The second-order valence-electron chi connectivity index (χ2n) is 12.4. The maximum Gasteiger partial charge on any atom is 0.253 e. The first kappa shape index (κ1) is 34.6. The molecule has 0 saturated carbocycles. The van der Waals surface area contributed by atoms with Crippen LogP contribution in [-0.2, 0) is 32.7 Å². The van der Waals surface area contributed by atoms with Gasteiger partial charge in [0.2, 0.25) is 22.9 Å². The van der Waals surface area contributed by atoms with E-state index in [0.29, 0.717) is 31.2 Å². The van der Waals surface area contributed by atoms with Gasteiger partial charge in [0.15, 0.2) is 0 Å². The zero-order valence-electron chi connectivity index (χ0n) is 27.2. The van der Waals surface area contributed by atoms with Crippen molar-refractivity contribution in [2.75, 3.05) is 39.3 Å². The lowest BCUT2D eigenvalue weighted by Crippen LogP contribution is -2.51. The van der Waals surface area contributed by atoms with Gasteiger partial charge in [-0.1, -0.05) is 29.8 Å². The Kier molecular flexibility index (Phi) is 9.77. The monoisotopic (exact) mass is 744 g/mol. The number of rotatable bonds is 6. The minimum Gasteiger partial charge on any atom is -0.336 e. The molecule has 2 aliphatic heterocycles. The molecular weight excluding hydrogens is 712 g/mol. The number of sulfonamides is 1. The molecule has 3 aromatic carbocycles. The third-order valence-corrected chi connectivity index (χ3v) is 12.5. The molecule has 51 heavy (non-hydrogen) atoms. The van der Waals surface area contributed by atoms with Crippen LogP contribution >= 0.6 is 22.9 Å². The lowest BCUT2D eigenvalue weighted by Gasteiger charge is -2.33. The van der Waals surface area contributed by atoms with Crippen LogP contribution < -0.4 is 16.4 Å². The van der Waals surface area contributed by atoms with Crippen LogP contribution in [0.3, 0.4) is 0 Å². The van der Waals surface area contributed by atoms with Gasteiger partial charge in [0.05, 0.1) is 13.1 Å². The Morgan fingerprint density at radius 1 is 0.667 bits per heavy atom. The highest BCUT2D eigenvalue weighted by atomic mass is 35.5. The highest BCUT2D eigenvalue weighted by Crippen LogP contribution is 2.33. The number of benzene rings is 3. The number of aromatic nitrogens is 2. The smallest absolute Gasteiger partial charge is 0.253 e. The van der Waals surface area contributed by atoms with Crippen LogP contribution in [0.1, 0.15) is 11.1 Å². The first-order valence-electron chi connectivity index (χ1n) is 16.2. The third kappa shape index (κ3) is 7.75. The van der Waals surface area contributed by atoms with Gasteiger partial charge in [-0.15, -0.1) is 11.3 Å². The average Bonchev–Trinajstić information content (AvgIpc) is 3.55. The summed E-state index contributed by atoms with van der Waals surface area (Å²) in [6.07, 6.45) is 0. The van der Waals surface area contributed by atoms with Gasteiger partial charge in [-0.2, -0.15) is 4.31 Å². The number of carbonyl (C=O) groups excluding carboxylic acids is 2. The van der Waals surface area contributed by atoms with Gasteiger partial charge in [-0.05, 0) is 81.9 Å². The van der Waals surface area contributed by atoms with Crippen LogP contribution in [0, 0.1) is 0 Å². The van der Waals surface area contributed by atoms with E-state index in [1.807, 2.05) is 41.3 Å². The summed E-state index contributed by atoms with van der Waals surface area (Å²) in [6, 6.07) is 24.8. The molecule has 3 N–H and O–H groups in total. The predicted molar refractivity (Wildman–Crippen MR) is 198 cm³/mol. The van der Waals surface area contributed by atoms with Gasteiger partial charge in [0.25, 0.3) is 10.0 Å². The Balaban J connectivity index is 0.000000182. The van der Waals surface area contributed by atoms with E-state index in [2.05, 4.69) is 15.3 Å². The largest absolute Gasteiger partial charge is 0.336 e. The fraction of sp³-hybridized carbons (Fsp3) is 0.222. The molecule has 6 aromatic rings. The highest BCUT2D eigenvalue weighted by Gasteiger charge is 2.34. The molecule has 0 radical (unpaired) electrons. The molecule has 0 aliphatic carbocycles. The van der Waals surface area contributed by atoms with E-state index >= 15 is 0 Å². The van der Waals surface area contributed by atoms with Crippen molar-refractivity contribution in [1.29, 1.82) is 0 Å². The maximum absolute atomic E-state index is 13.1. The quantitative estimate of drug-likeness (QED) is 0.234. The zero-order chi connectivity index (χ0) is 35.7. The summed E-state index contributed by atoms with van der Waals surface area (Å²) in [5, 5.41) is 6.27. The number of hydrogen-bond acceptors (Lipinski definition) is 8. The van der Waals surface area contributed by atoms with Crippen LogP contribution in [0.15, 0.2) is 98.7 Å². The molecule has 2 fully saturated rings. The summed E-state index contributed by atoms with van der Waals surface area (Å²) in [5.74, 6) is -0.113. The predicted octanol–water partition coefficient (Wildman–Crippen LogP) is 3.89. The summed E-state index contributed by atoms with van der Waals surface area (Å²) in [7, 11) is -3.77. The van der Waals surface area contributed by atoms with E-state index in [1.54, 1.807) is 41.3 Å². The van der Waals surface area contributed by atoms with Crippen molar-refractivity contribution in [2.24, 2.45) is 0 Å². The third-order valence-electron chi connectivity index (χ3n) is 8.85. The molecule has 262 valence electrons. The number of H-pyrrole nitrogens is 2. The van der Waals surface area contributed by atoms with Gasteiger partial charge in [0, 0.05) is 72.2 Å². The molecule has 15 heteroatoms. The Hall–Kier alpha value is -4.86. The molecule has 0 spiro atoms. The van der Waals surface area contributed by atoms with Crippen LogP contribution in [0.2, 0.25) is 5.02 Å². The van der Waals surface area contributed by atoms with Crippen molar-refractivity contribution in [3.63, 3.8) is 0 Å². The van der Waals surface area contributed by atoms with Crippen molar-refractivity contribution in [2.45, 2.75) is 17.3 Å². The molecule has 2 saturated heterocycles. The van der Waals surface area contributed by atoms with Crippen molar-refractivity contribution < 1.29 is 18.0 Å². The molecule has 2 amide bonds. The number of carbonyl (C=O) groups is 2. The fourth-order valence-electron chi connectivity index (χ4n) is 6.15.